The number of rotatable bonds is 10. The van der Waals surface area contributed by atoms with E-state index in [1.165, 1.54) is 0 Å². The Balaban J connectivity index is 0.00000529. The molecule has 1 aromatic carbocycles. The molecule has 0 saturated heterocycles. The van der Waals surface area contributed by atoms with E-state index in [0.29, 0.717) is 30.9 Å². The molecule has 2 N–H and O–H groups in total. The highest BCUT2D eigenvalue weighted by molar-refractivity contribution is 5.90. The van der Waals surface area contributed by atoms with Gasteiger partial charge in [0.2, 0.25) is 5.91 Å². The number of likely N-dealkylation sites (N-methyl/N-ethyl adjacent to an activating group) is 1. The topological polar surface area (TPSA) is 70.7 Å². The molecule has 0 aliphatic carbocycles. The van der Waals surface area contributed by atoms with Gasteiger partial charge in [-0.2, -0.15) is 0 Å². The number of carbonyl (C=O) groups excluding carboxylic acids is 2. The molecule has 0 aliphatic rings. The SMILES string of the molecule is CCN(CC)C(=O)COc1cccc(NC(=O)CCCNC)c1.Cl. The molecule has 0 aliphatic heterocycles. The number of ether oxygens (including phenoxy) is 1. The maximum absolute atomic E-state index is 11.9. The lowest BCUT2D eigenvalue weighted by Crippen LogP contribution is -2.34. The van der Waals surface area contributed by atoms with Crippen molar-refractivity contribution in [2.24, 2.45) is 0 Å². The van der Waals surface area contributed by atoms with Crippen LogP contribution in [0.3, 0.4) is 0 Å². The summed E-state index contributed by atoms with van der Waals surface area (Å²) >= 11 is 0. The van der Waals surface area contributed by atoms with Gasteiger partial charge in [0, 0.05) is 31.3 Å². The van der Waals surface area contributed by atoms with Gasteiger partial charge in [0.1, 0.15) is 5.75 Å². The molecule has 7 heteroatoms. The molecule has 2 amide bonds. The number of anilines is 1. The second-order valence-corrected chi connectivity index (χ2v) is 5.14. The number of nitrogens with zero attached hydrogens (tertiary/aromatic N) is 1. The third-order valence-corrected chi connectivity index (χ3v) is 3.43. The molecule has 0 spiro atoms. The van der Waals surface area contributed by atoms with E-state index in [0.717, 1.165) is 13.0 Å². The fraction of sp³-hybridized carbons (Fsp3) is 0.529. The van der Waals surface area contributed by atoms with E-state index in [4.69, 9.17) is 4.74 Å². The van der Waals surface area contributed by atoms with Crippen LogP contribution in [0.1, 0.15) is 26.7 Å². The zero-order chi connectivity index (χ0) is 17.1. The molecule has 0 aromatic heterocycles. The molecule has 0 unspecified atom stereocenters. The first-order valence-corrected chi connectivity index (χ1v) is 8.05. The van der Waals surface area contributed by atoms with Gasteiger partial charge in [0.25, 0.3) is 5.91 Å². The summed E-state index contributed by atoms with van der Waals surface area (Å²) in [6, 6.07) is 7.09. The van der Waals surface area contributed by atoms with Gasteiger partial charge in [-0.3, -0.25) is 9.59 Å². The molecule has 136 valence electrons. The van der Waals surface area contributed by atoms with Crippen LogP contribution in [0, 0.1) is 0 Å². The van der Waals surface area contributed by atoms with Crippen LogP contribution in [-0.2, 0) is 9.59 Å². The Morgan fingerprint density at radius 2 is 1.92 bits per heavy atom. The highest BCUT2D eigenvalue weighted by Crippen LogP contribution is 2.17. The van der Waals surface area contributed by atoms with Gasteiger partial charge in [-0.25, -0.2) is 0 Å². The molecule has 0 radical (unpaired) electrons. The lowest BCUT2D eigenvalue weighted by Gasteiger charge is -2.18. The van der Waals surface area contributed by atoms with Gasteiger partial charge in [-0.15, -0.1) is 12.4 Å². The Morgan fingerprint density at radius 1 is 1.21 bits per heavy atom. The van der Waals surface area contributed by atoms with Gasteiger partial charge >= 0.3 is 0 Å². The molecule has 0 fully saturated rings. The molecular formula is C17H28ClN3O3. The van der Waals surface area contributed by atoms with Crippen molar-refractivity contribution >= 4 is 29.9 Å². The van der Waals surface area contributed by atoms with Gasteiger partial charge in [0.05, 0.1) is 0 Å². The minimum absolute atomic E-state index is 0. The molecule has 0 saturated carbocycles. The maximum atomic E-state index is 11.9. The summed E-state index contributed by atoms with van der Waals surface area (Å²) in [7, 11) is 1.86. The predicted molar refractivity (Wildman–Crippen MR) is 98.9 cm³/mol. The second kappa shape index (κ2) is 12.6. The van der Waals surface area contributed by atoms with Gasteiger partial charge in [-0.05, 0) is 46.0 Å². The molecule has 0 heterocycles. The molecular weight excluding hydrogens is 330 g/mol. The van der Waals surface area contributed by atoms with Crippen LogP contribution < -0.4 is 15.4 Å². The lowest BCUT2D eigenvalue weighted by atomic mass is 10.2. The summed E-state index contributed by atoms with van der Waals surface area (Å²) in [5.74, 6) is 0.492. The fourth-order valence-corrected chi connectivity index (χ4v) is 2.13. The summed E-state index contributed by atoms with van der Waals surface area (Å²) in [4.78, 5) is 25.4. The molecule has 0 bridgehead atoms. The summed E-state index contributed by atoms with van der Waals surface area (Å²) in [6.45, 7) is 6.02. The maximum Gasteiger partial charge on any atom is 0.260 e. The minimum atomic E-state index is -0.0449. The van der Waals surface area contributed by atoms with E-state index in [2.05, 4.69) is 10.6 Å². The van der Waals surface area contributed by atoms with Gasteiger partial charge < -0.3 is 20.3 Å². The van der Waals surface area contributed by atoms with Crippen LogP contribution in [0.2, 0.25) is 0 Å². The molecule has 1 rings (SSSR count). The van der Waals surface area contributed by atoms with Crippen LogP contribution in [0.15, 0.2) is 24.3 Å². The van der Waals surface area contributed by atoms with Crippen molar-refractivity contribution in [1.29, 1.82) is 0 Å². The average Bonchev–Trinajstić information content (AvgIpc) is 2.54. The highest BCUT2D eigenvalue weighted by atomic mass is 35.5. The van der Waals surface area contributed by atoms with Gasteiger partial charge in [-0.1, -0.05) is 6.07 Å². The van der Waals surface area contributed by atoms with Crippen molar-refractivity contribution in [3.8, 4) is 5.75 Å². The number of hydrogen-bond acceptors (Lipinski definition) is 4. The van der Waals surface area contributed by atoms with Crippen LogP contribution in [-0.4, -0.2) is 50.0 Å². The first-order chi connectivity index (χ1) is 11.1. The van der Waals surface area contributed by atoms with Crippen molar-refractivity contribution in [3.63, 3.8) is 0 Å². The van der Waals surface area contributed by atoms with Crippen molar-refractivity contribution in [2.75, 3.05) is 38.6 Å². The zero-order valence-corrected chi connectivity index (χ0v) is 15.4. The predicted octanol–water partition coefficient (Wildman–Crippen LogP) is 2.29. The number of halogens is 1. The Labute approximate surface area is 150 Å². The van der Waals surface area contributed by atoms with Crippen LogP contribution in [0.4, 0.5) is 5.69 Å². The monoisotopic (exact) mass is 357 g/mol. The van der Waals surface area contributed by atoms with E-state index in [1.54, 1.807) is 29.2 Å². The smallest absolute Gasteiger partial charge is 0.260 e. The van der Waals surface area contributed by atoms with Gasteiger partial charge in [0.15, 0.2) is 6.61 Å². The average molecular weight is 358 g/mol. The first-order valence-electron chi connectivity index (χ1n) is 8.05. The van der Waals surface area contributed by atoms with E-state index in [-0.39, 0.29) is 30.8 Å². The Bertz CT molecular complexity index is 508. The van der Waals surface area contributed by atoms with Crippen molar-refractivity contribution in [1.82, 2.24) is 10.2 Å². The van der Waals surface area contributed by atoms with Crippen LogP contribution in [0.5, 0.6) is 5.75 Å². The quantitative estimate of drug-likeness (QED) is 0.630. The van der Waals surface area contributed by atoms with Crippen LogP contribution >= 0.6 is 12.4 Å². The third-order valence-electron chi connectivity index (χ3n) is 3.43. The molecule has 6 nitrogen and oxygen atoms in total. The summed E-state index contributed by atoms with van der Waals surface area (Å²) in [5, 5.41) is 5.84. The fourth-order valence-electron chi connectivity index (χ4n) is 2.13. The number of benzene rings is 1. The van der Waals surface area contributed by atoms with E-state index in [1.807, 2.05) is 20.9 Å². The van der Waals surface area contributed by atoms with Crippen LogP contribution in [0.25, 0.3) is 0 Å². The van der Waals surface area contributed by atoms with Crippen molar-refractivity contribution in [3.05, 3.63) is 24.3 Å². The number of amides is 2. The molecule has 0 atom stereocenters. The Morgan fingerprint density at radius 3 is 2.54 bits per heavy atom. The van der Waals surface area contributed by atoms with E-state index < -0.39 is 0 Å². The number of hydrogen-bond donors (Lipinski definition) is 2. The summed E-state index contributed by atoms with van der Waals surface area (Å²) in [6.07, 6.45) is 1.25. The number of nitrogens with one attached hydrogen (secondary N) is 2. The summed E-state index contributed by atoms with van der Waals surface area (Å²) < 4.78 is 5.52. The zero-order valence-electron chi connectivity index (χ0n) is 14.6. The largest absolute Gasteiger partial charge is 0.484 e. The van der Waals surface area contributed by atoms with E-state index >= 15 is 0 Å². The van der Waals surface area contributed by atoms with Crippen molar-refractivity contribution in [2.45, 2.75) is 26.7 Å². The Hall–Kier alpha value is -1.79. The molecule has 24 heavy (non-hydrogen) atoms. The third kappa shape index (κ3) is 8.17. The standard InChI is InChI=1S/C17H27N3O3.ClH/c1-4-20(5-2)17(22)13-23-15-9-6-8-14(12-15)19-16(21)10-7-11-18-3;/h6,8-9,12,18H,4-5,7,10-11,13H2,1-3H3,(H,19,21);1H. The lowest BCUT2D eigenvalue weighted by molar-refractivity contribution is -0.133. The minimum Gasteiger partial charge on any atom is -0.484 e. The highest BCUT2D eigenvalue weighted by Gasteiger charge is 2.10. The first kappa shape index (κ1) is 22.2. The normalized spacial score (nSPS) is 9.79. The molecule has 1 aromatic rings. The van der Waals surface area contributed by atoms with E-state index in [9.17, 15) is 9.59 Å². The Kier molecular flexibility index (Phi) is 11.7. The van der Waals surface area contributed by atoms with Crippen molar-refractivity contribution < 1.29 is 14.3 Å². The summed E-state index contributed by atoms with van der Waals surface area (Å²) in [5.41, 5.74) is 0.673. The number of carbonyl (C=O) groups is 2. The second-order valence-electron chi connectivity index (χ2n) is 5.14.